The third-order valence-electron chi connectivity index (χ3n) is 7.30. The van der Waals surface area contributed by atoms with Crippen molar-refractivity contribution < 1.29 is 27.4 Å². The van der Waals surface area contributed by atoms with Crippen LogP contribution in [0.2, 0.25) is 0 Å². The molecular weight excluding hydrogens is 587 g/mol. The molecule has 1 aliphatic rings. The minimum atomic E-state index is -4.55. The molecule has 2 aromatic carbocycles. The molecule has 0 aliphatic carbocycles. The number of hydrogen-bond acceptors (Lipinski definition) is 9. The Labute approximate surface area is 256 Å². The summed E-state index contributed by atoms with van der Waals surface area (Å²) in [5.41, 5.74) is 2.78. The van der Waals surface area contributed by atoms with Gasteiger partial charge in [0.1, 0.15) is 5.82 Å². The number of anilines is 4. The first-order chi connectivity index (χ1) is 21.7. The number of halogens is 3. The number of nitrogens with zero attached hydrogens (tertiary/aromatic N) is 5. The SMILES string of the molecule is COc1nc(Nc2ccc(N3CCOCC3)nc2)nc2cnc(-c3cc(NC(=O)c4cccc(C(F)(F)F)c4)ccc3C)cc12. The van der Waals surface area contributed by atoms with E-state index in [2.05, 4.69) is 35.5 Å². The zero-order valence-electron chi connectivity index (χ0n) is 24.4. The molecule has 0 radical (unpaired) electrons. The fourth-order valence-corrected chi connectivity index (χ4v) is 4.95. The Morgan fingerprint density at radius 1 is 0.956 bits per heavy atom. The predicted octanol–water partition coefficient (Wildman–Crippen LogP) is 6.26. The van der Waals surface area contributed by atoms with Gasteiger partial charge in [-0.2, -0.15) is 18.2 Å². The third kappa shape index (κ3) is 6.63. The molecule has 13 heteroatoms. The van der Waals surface area contributed by atoms with Crippen LogP contribution in [-0.2, 0) is 10.9 Å². The van der Waals surface area contributed by atoms with E-state index in [-0.39, 0.29) is 5.56 Å². The first-order valence-electron chi connectivity index (χ1n) is 14.0. The van der Waals surface area contributed by atoms with Gasteiger partial charge in [0.25, 0.3) is 5.91 Å². The zero-order chi connectivity index (χ0) is 31.6. The molecule has 0 unspecified atom stereocenters. The molecule has 0 spiro atoms. The number of hydrogen-bond donors (Lipinski definition) is 2. The van der Waals surface area contributed by atoms with Crippen molar-refractivity contribution in [1.29, 1.82) is 0 Å². The van der Waals surface area contributed by atoms with Crippen molar-refractivity contribution in [1.82, 2.24) is 19.9 Å². The second kappa shape index (κ2) is 12.4. The molecular formula is C32H28F3N7O3. The summed E-state index contributed by atoms with van der Waals surface area (Å²) < 4.78 is 50.4. The van der Waals surface area contributed by atoms with Crippen molar-refractivity contribution in [3.05, 3.63) is 89.7 Å². The lowest BCUT2D eigenvalue weighted by molar-refractivity contribution is -0.137. The highest BCUT2D eigenvalue weighted by Gasteiger charge is 2.31. The number of carbonyl (C=O) groups excluding carboxylic acids is 1. The fraction of sp³-hybridized carbons (Fsp3) is 0.219. The van der Waals surface area contributed by atoms with Gasteiger partial charge < -0.3 is 25.0 Å². The maximum Gasteiger partial charge on any atom is 0.416 e. The van der Waals surface area contributed by atoms with Gasteiger partial charge in [-0.3, -0.25) is 9.78 Å². The van der Waals surface area contributed by atoms with Gasteiger partial charge in [0, 0.05) is 29.9 Å². The van der Waals surface area contributed by atoms with Crippen LogP contribution in [-0.4, -0.2) is 59.3 Å². The average molecular weight is 616 g/mol. The Morgan fingerprint density at radius 3 is 2.49 bits per heavy atom. The van der Waals surface area contributed by atoms with Crippen LogP contribution < -0.4 is 20.3 Å². The van der Waals surface area contributed by atoms with Crippen molar-refractivity contribution in [2.75, 3.05) is 48.9 Å². The van der Waals surface area contributed by atoms with E-state index in [1.165, 1.54) is 19.2 Å². The molecule has 230 valence electrons. The number of aromatic nitrogens is 4. The van der Waals surface area contributed by atoms with Crippen molar-refractivity contribution in [2.45, 2.75) is 13.1 Å². The molecule has 0 saturated carbocycles. The number of amides is 1. The number of nitrogens with one attached hydrogen (secondary N) is 2. The maximum absolute atomic E-state index is 13.1. The van der Waals surface area contributed by atoms with E-state index in [1.807, 2.05) is 19.1 Å². The lowest BCUT2D eigenvalue weighted by Gasteiger charge is -2.27. The number of fused-ring (bicyclic) bond motifs is 1. The molecule has 3 aromatic heterocycles. The second-order valence-electron chi connectivity index (χ2n) is 10.3. The second-order valence-corrected chi connectivity index (χ2v) is 10.3. The van der Waals surface area contributed by atoms with Crippen LogP contribution in [0, 0.1) is 6.92 Å². The number of methoxy groups -OCH3 is 1. The van der Waals surface area contributed by atoms with Gasteiger partial charge in [-0.25, -0.2) is 9.97 Å². The van der Waals surface area contributed by atoms with Crippen molar-refractivity contribution in [3.63, 3.8) is 0 Å². The average Bonchev–Trinajstić information content (AvgIpc) is 3.05. The Morgan fingerprint density at radius 2 is 1.76 bits per heavy atom. The summed E-state index contributed by atoms with van der Waals surface area (Å²) in [4.78, 5) is 33.2. The van der Waals surface area contributed by atoms with Gasteiger partial charge in [-0.15, -0.1) is 0 Å². The molecule has 1 aliphatic heterocycles. The van der Waals surface area contributed by atoms with Crippen LogP contribution in [0.4, 0.5) is 36.3 Å². The number of aryl methyl sites for hydroxylation is 1. The van der Waals surface area contributed by atoms with Crippen LogP contribution in [0.5, 0.6) is 5.88 Å². The molecule has 4 heterocycles. The van der Waals surface area contributed by atoms with Gasteiger partial charge in [0.15, 0.2) is 0 Å². The maximum atomic E-state index is 13.1. The monoisotopic (exact) mass is 615 g/mol. The highest BCUT2D eigenvalue weighted by molar-refractivity contribution is 6.04. The number of rotatable bonds is 7. The highest BCUT2D eigenvalue weighted by atomic mass is 19.4. The summed E-state index contributed by atoms with van der Waals surface area (Å²) >= 11 is 0. The smallest absolute Gasteiger partial charge is 0.416 e. The van der Waals surface area contributed by atoms with Crippen LogP contribution in [0.3, 0.4) is 0 Å². The molecule has 10 nitrogen and oxygen atoms in total. The fourth-order valence-electron chi connectivity index (χ4n) is 4.95. The largest absolute Gasteiger partial charge is 0.480 e. The van der Waals surface area contributed by atoms with Crippen LogP contribution in [0.1, 0.15) is 21.5 Å². The standard InChI is InChI=1S/C32H28F3N7O3/c1-19-6-7-22(38-29(43)20-4-3-5-21(14-20)32(33,34)35)15-24(19)26-16-25-27(18-36-26)40-31(41-30(25)44-2)39-23-8-9-28(37-17-23)42-10-12-45-13-11-42/h3-9,14-18H,10-13H2,1-2H3,(H,38,43)(H,39,40,41). The lowest BCUT2D eigenvalue weighted by Crippen LogP contribution is -2.36. The van der Waals surface area contributed by atoms with Crippen LogP contribution >= 0.6 is 0 Å². The molecule has 45 heavy (non-hydrogen) atoms. The van der Waals surface area contributed by atoms with E-state index in [1.54, 1.807) is 36.7 Å². The Kier molecular flexibility index (Phi) is 8.18. The summed E-state index contributed by atoms with van der Waals surface area (Å²) in [5, 5.41) is 6.47. The molecule has 6 rings (SSSR count). The summed E-state index contributed by atoms with van der Waals surface area (Å²) in [6.45, 7) is 4.81. The number of carbonyl (C=O) groups is 1. The zero-order valence-corrected chi connectivity index (χ0v) is 24.4. The number of pyridine rings is 2. The summed E-state index contributed by atoms with van der Waals surface area (Å²) in [5.74, 6) is 0.844. The summed E-state index contributed by atoms with van der Waals surface area (Å²) in [6, 6.07) is 15.1. The van der Waals surface area contributed by atoms with Crippen LogP contribution in [0.15, 0.2) is 73.1 Å². The predicted molar refractivity (Wildman–Crippen MR) is 164 cm³/mol. The Balaban J connectivity index is 1.23. The number of benzene rings is 2. The molecule has 2 N–H and O–H groups in total. The molecule has 5 aromatic rings. The first kappa shape index (κ1) is 29.8. The Bertz CT molecular complexity index is 1860. The Hall–Kier alpha value is -5.30. The van der Waals surface area contributed by atoms with Gasteiger partial charge in [0.05, 0.1) is 60.6 Å². The highest BCUT2D eigenvalue weighted by Crippen LogP contribution is 2.32. The first-order valence-corrected chi connectivity index (χ1v) is 14.0. The van der Waals surface area contributed by atoms with Gasteiger partial charge in [-0.1, -0.05) is 12.1 Å². The van der Waals surface area contributed by atoms with E-state index in [9.17, 15) is 18.0 Å². The quantitative estimate of drug-likeness (QED) is 0.219. The molecule has 1 fully saturated rings. The molecule has 1 amide bonds. The van der Waals surface area contributed by atoms with E-state index >= 15 is 0 Å². The van der Waals surface area contributed by atoms with Gasteiger partial charge in [-0.05, 0) is 61.0 Å². The number of alkyl halides is 3. The number of ether oxygens (including phenoxy) is 2. The van der Waals surface area contributed by atoms with E-state index < -0.39 is 17.6 Å². The number of morpholine rings is 1. The topological polar surface area (TPSA) is 114 Å². The van der Waals surface area contributed by atoms with E-state index in [0.29, 0.717) is 58.6 Å². The van der Waals surface area contributed by atoms with E-state index in [4.69, 9.17) is 9.47 Å². The molecule has 0 bridgehead atoms. The summed E-state index contributed by atoms with van der Waals surface area (Å²) in [6.07, 6.45) is -1.23. The van der Waals surface area contributed by atoms with Crippen LogP contribution in [0.25, 0.3) is 22.2 Å². The molecule has 1 saturated heterocycles. The van der Waals surface area contributed by atoms with Crippen molar-refractivity contribution >= 4 is 40.0 Å². The molecule has 0 atom stereocenters. The third-order valence-corrected chi connectivity index (χ3v) is 7.30. The van der Waals surface area contributed by atoms with Gasteiger partial charge >= 0.3 is 6.18 Å². The normalized spacial score (nSPS) is 13.5. The van der Waals surface area contributed by atoms with Gasteiger partial charge in [0.2, 0.25) is 11.8 Å². The summed E-state index contributed by atoms with van der Waals surface area (Å²) in [7, 11) is 1.51. The van der Waals surface area contributed by atoms with Crippen molar-refractivity contribution in [3.8, 4) is 17.1 Å². The van der Waals surface area contributed by atoms with Crippen molar-refractivity contribution in [2.24, 2.45) is 0 Å². The lowest BCUT2D eigenvalue weighted by atomic mass is 10.0. The minimum absolute atomic E-state index is 0.106. The van der Waals surface area contributed by atoms with E-state index in [0.717, 1.165) is 36.6 Å². The minimum Gasteiger partial charge on any atom is -0.480 e.